The summed E-state index contributed by atoms with van der Waals surface area (Å²) in [6, 6.07) is 7.02. The van der Waals surface area contributed by atoms with Crippen molar-refractivity contribution in [1.29, 1.82) is 0 Å². The van der Waals surface area contributed by atoms with Gasteiger partial charge < -0.3 is 4.74 Å². The highest BCUT2D eigenvalue weighted by Gasteiger charge is 2.38. The van der Waals surface area contributed by atoms with Crippen molar-refractivity contribution in [3.8, 4) is 0 Å². The van der Waals surface area contributed by atoms with Crippen molar-refractivity contribution in [2.45, 2.75) is 20.3 Å². The lowest BCUT2D eigenvalue weighted by molar-refractivity contribution is -0.136. The van der Waals surface area contributed by atoms with E-state index in [0.717, 1.165) is 11.3 Å². The average Bonchev–Trinajstić information content (AvgIpc) is 2.77. The maximum Gasteiger partial charge on any atom is 0.267 e. The van der Waals surface area contributed by atoms with Gasteiger partial charge in [0.15, 0.2) is 0 Å². The Bertz CT molecular complexity index is 613. The Labute approximate surface area is 145 Å². The summed E-state index contributed by atoms with van der Waals surface area (Å²) in [5.41, 5.74) is 1.21. The number of thioether (sulfide) groups is 1. The highest BCUT2D eigenvalue weighted by Crippen LogP contribution is 2.36. The number of carbonyl (C=O) groups excluding carboxylic acids is 2. The van der Waals surface area contributed by atoms with Gasteiger partial charge in [-0.1, -0.05) is 30.7 Å². The maximum absolute atomic E-state index is 12.7. The number of hydrogen-bond acceptors (Lipinski definition) is 4. The molecule has 0 N–H and O–H groups in total. The number of amides is 2. The average molecular weight is 354 g/mol. The summed E-state index contributed by atoms with van der Waals surface area (Å²) < 4.78 is 5.28. The van der Waals surface area contributed by atoms with Crippen LogP contribution in [0.4, 0.5) is 0 Å². The molecule has 0 unspecified atom stereocenters. The summed E-state index contributed by atoms with van der Waals surface area (Å²) in [6.07, 6.45) is 0.642. The molecule has 124 valence electrons. The van der Waals surface area contributed by atoms with Crippen LogP contribution in [0.3, 0.4) is 0 Å². The highest BCUT2D eigenvalue weighted by atomic mass is 35.5. The molecule has 1 aliphatic heterocycles. The van der Waals surface area contributed by atoms with Gasteiger partial charge in [-0.25, -0.2) is 0 Å². The number of nitrogens with zero attached hydrogens (tertiary/aromatic N) is 1. The molecule has 6 heteroatoms. The van der Waals surface area contributed by atoms with Crippen LogP contribution in [0.5, 0.6) is 0 Å². The second kappa shape index (κ2) is 8.52. The summed E-state index contributed by atoms with van der Waals surface area (Å²) in [5.74, 6) is 0.297. The molecule has 2 amide bonds. The van der Waals surface area contributed by atoms with Crippen molar-refractivity contribution < 1.29 is 14.3 Å². The Morgan fingerprint density at radius 2 is 1.83 bits per heavy atom. The van der Waals surface area contributed by atoms with E-state index in [0.29, 0.717) is 41.7 Å². The molecule has 0 aliphatic carbocycles. The molecule has 2 rings (SSSR count). The molecule has 0 radical (unpaired) electrons. The van der Waals surface area contributed by atoms with E-state index >= 15 is 0 Å². The number of halogens is 1. The van der Waals surface area contributed by atoms with E-state index in [9.17, 15) is 9.59 Å². The molecule has 1 heterocycles. The van der Waals surface area contributed by atoms with Gasteiger partial charge in [-0.3, -0.25) is 14.5 Å². The lowest BCUT2D eigenvalue weighted by Crippen LogP contribution is -2.33. The molecule has 0 spiro atoms. The van der Waals surface area contributed by atoms with Crippen molar-refractivity contribution >= 4 is 40.8 Å². The number of hydrogen-bond donors (Lipinski definition) is 0. The lowest BCUT2D eigenvalue weighted by Gasteiger charge is -2.14. The first-order chi connectivity index (χ1) is 11.1. The number of imide groups is 1. The standard InChI is InChI=1S/C17H20ClNO3S/c1-3-22-11-5-10-19-16(20)14(15(17(19)21)23-4-2)12-6-8-13(18)9-7-12/h6-9H,3-5,10-11H2,1-2H3. The zero-order chi connectivity index (χ0) is 16.8. The molecule has 0 saturated heterocycles. The monoisotopic (exact) mass is 353 g/mol. The van der Waals surface area contributed by atoms with Gasteiger partial charge in [0.1, 0.15) is 0 Å². The number of ether oxygens (including phenoxy) is 1. The molecule has 4 nitrogen and oxygen atoms in total. The predicted molar refractivity (Wildman–Crippen MR) is 94.3 cm³/mol. The molecule has 0 atom stereocenters. The first-order valence-corrected chi connectivity index (χ1v) is 9.03. The third-order valence-corrected chi connectivity index (χ3v) is 4.63. The van der Waals surface area contributed by atoms with Crippen LogP contribution in [0.25, 0.3) is 5.57 Å². The van der Waals surface area contributed by atoms with Crippen LogP contribution in [0, 0.1) is 0 Å². The van der Waals surface area contributed by atoms with Crippen molar-refractivity contribution in [2.24, 2.45) is 0 Å². The fourth-order valence-corrected chi connectivity index (χ4v) is 3.37. The molecule has 0 aromatic heterocycles. The fourth-order valence-electron chi connectivity index (χ4n) is 2.38. The topological polar surface area (TPSA) is 46.6 Å². The summed E-state index contributed by atoms with van der Waals surface area (Å²) >= 11 is 7.32. The van der Waals surface area contributed by atoms with Gasteiger partial charge in [0.05, 0.1) is 10.5 Å². The molecule has 1 aromatic carbocycles. The van der Waals surface area contributed by atoms with Gasteiger partial charge in [-0.15, -0.1) is 11.8 Å². The second-order valence-corrected chi connectivity index (χ2v) is 6.67. The van der Waals surface area contributed by atoms with Gasteiger partial charge in [0, 0.05) is 24.8 Å². The van der Waals surface area contributed by atoms with Crippen LogP contribution in [0.2, 0.25) is 5.02 Å². The van der Waals surface area contributed by atoms with Crippen molar-refractivity contribution in [3.05, 3.63) is 39.8 Å². The van der Waals surface area contributed by atoms with E-state index < -0.39 is 0 Å². The van der Waals surface area contributed by atoms with Crippen LogP contribution in [-0.4, -0.2) is 42.2 Å². The predicted octanol–water partition coefficient (Wildman–Crippen LogP) is 3.60. The van der Waals surface area contributed by atoms with E-state index in [1.54, 1.807) is 24.3 Å². The second-order valence-electron chi connectivity index (χ2n) is 4.96. The Morgan fingerprint density at radius 1 is 1.13 bits per heavy atom. The van der Waals surface area contributed by atoms with E-state index in [1.165, 1.54) is 16.7 Å². The van der Waals surface area contributed by atoms with Crippen molar-refractivity contribution in [1.82, 2.24) is 4.90 Å². The quantitative estimate of drug-likeness (QED) is 0.529. The molecule has 0 saturated carbocycles. The van der Waals surface area contributed by atoms with E-state index in [4.69, 9.17) is 16.3 Å². The first-order valence-electron chi connectivity index (χ1n) is 7.67. The minimum atomic E-state index is -0.232. The molecule has 1 aliphatic rings. The van der Waals surface area contributed by atoms with E-state index in [-0.39, 0.29) is 11.8 Å². The third-order valence-electron chi connectivity index (χ3n) is 3.42. The number of rotatable bonds is 8. The smallest absolute Gasteiger partial charge is 0.267 e. The molecule has 0 bridgehead atoms. The molecular weight excluding hydrogens is 334 g/mol. The van der Waals surface area contributed by atoms with Crippen molar-refractivity contribution in [3.63, 3.8) is 0 Å². The summed E-state index contributed by atoms with van der Waals surface area (Å²) in [4.78, 5) is 27.1. The molecular formula is C17H20ClNO3S. The molecule has 23 heavy (non-hydrogen) atoms. The highest BCUT2D eigenvalue weighted by molar-refractivity contribution is 8.04. The van der Waals surface area contributed by atoms with Crippen LogP contribution in [0.1, 0.15) is 25.8 Å². The Morgan fingerprint density at radius 3 is 2.43 bits per heavy atom. The van der Waals surface area contributed by atoms with Gasteiger partial charge >= 0.3 is 0 Å². The minimum Gasteiger partial charge on any atom is -0.382 e. The SMILES string of the molecule is CCOCCCN1C(=O)C(SCC)=C(c2ccc(Cl)cc2)C1=O. The maximum atomic E-state index is 12.7. The summed E-state index contributed by atoms with van der Waals surface area (Å²) in [6.45, 7) is 5.44. The summed E-state index contributed by atoms with van der Waals surface area (Å²) in [5, 5.41) is 0.601. The lowest BCUT2D eigenvalue weighted by atomic mass is 10.1. The minimum absolute atomic E-state index is 0.205. The zero-order valence-electron chi connectivity index (χ0n) is 13.3. The van der Waals surface area contributed by atoms with Crippen LogP contribution < -0.4 is 0 Å². The Balaban J connectivity index is 2.24. The summed E-state index contributed by atoms with van der Waals surface area (Å²) in [7, 11) is 0. The number of benzene rings is 1. The first kappa shape index (κ1) is 18.0. The van der Waals surface area contributed by atoms with Crippen LogP contribution in [-0.2, 0) is 14.3 Å². The van der Waals surface area contributed by atoms with E-state index in [2.05, 4.69) is 0 Å². The largest absolute Gasteiger partial charge is 0.382 e. The fraction of sp³-hybridized carbons (Fsp3) is 0.412. The molecule has 0 fully saturated rings. The molecule has 1 aromatic rings. The van der Waals surface area contributed by atoms with E-state index in [1.807, 2.05) is 13.8 Å². The van der Waals surface area contributed by atoms with Gasteiger partial charge in [-0.2, -0.15) is 0 Å². The van der Waals surface area contributed by atoms with Crippen LogP contribution >= 0.6 is 23.4 Å². The normalized spacial score (nSPS) is 15.0. The third kappa shape index (κ3) is 4.16. The Hall–Kier alpha value is -1.30. The van der Waals surface area contributed by atoms with Crippen LogP contribution in [0.15, 0.2) is 29.2 Å². The van der Waals surface area contributed by atoms with Crippen molar-refractivity contribution in [2.75, 3.05) is 25.5 Å². The van der Waals surface area contributed by atoms with Gasteiger partial charge in [0.25, 0.3) is 11.8 Å². The Kier molecular flexibility index (Phi) is 6.69. The zero-order valence-corrected chi connectivity index (χ0v) is 14.9. The van der Waals surface area contributed by atoms with Gasteiger partial charge in [-0.05, 0) is 36.8 Å². The van der Waals surface area contributed by atoms with Gasteiger partial charge in [0.2, 0.25) is 0 Å². The number of carbonyl (C=O) groups is 2.